The van der Waals surface area contributed by atoms with Crippen LogP contribution in [0.15, 0.2) is 23.0 Å². The summed E-state index contributed by atoms with van der Waals surface area (Å²) in [5.41, 5.74) is 1.75. The van der Waals surface area contributed by atoms with E-state index in [4.69, 9.17) is 0 Å². The fourth-order valence-electron chi connectivity index (χ4n) is 1.63. The van der Waals surface area contributed by atoms with E-state index in [2.05, 4.69) is 15.6 Å². The highest BCUT2D eigenvalue weighted by Crippen LogP contribution is 2.17. The van der Waals surface area contributed by atoms with E-state index in [1.54, 1.807) is 16.0 Å². The fourth-order valence-corrected chi connectivity index (χ4v) is 2.25. The van der Waals surface area contributed by atoms with Crippen molar-refractivity contribution in [3.05, 3.63) is 28.7 Å². The van der Waals surface area contributed by atoms with Gasteiger partial charge < -0.3 is 5.32 Å². The zero-order chi connectivity index (χ0) is 13.9. The summed E-state index contributed by atoms with van der Waals surface area (Å²) in [7, 11) is 0. The van der Waals surface area contributed by atoms with Crippen molar-refractivity contribution in [1.29, 1.82) is 0 Å². The van der Waals surface area contributed by atoms with Crippen molar-refractivity contribution in [2.75, 3.05) is 0 Å². The first-order valence-corrected chi connectivity index (χ1v) is 7.09. The van der Waals surface area contributed by atoms with Gasteiger partial charge in [0.2, 0.25) is 5.91 Å². The average Bonchev–Trinajstić information content (AvgIpc) is 2.95. The Labute approximate surface area is 116 Å². The number of nitrogens with zero attached hydrogens (tertiary/aromatic N) is 3. The molecule has 0 unspecified atom stereocenters. The molecule has 0 aliphatic rings. The average molecular weight is 278 g/mol. The molecular formula is C13H18N4OS. The molecule has 1 amide bonds. The van der Waals surface area contributed by atoms with E-state index >= 15 is 0 Å². The number of carbonyl (C=O) groups excluding carboxylic acids is 1. The topological polar surface area (TPSA) is 59.8 Å². The van der Waals surface area contributed by atoms with Gasteiger partial charge in [0.15, 0.2) is 0 Å². The lowest BCUT2D eigenvalue weighted by atomic mass is 9.92. The van der Waals surface area contributed by atoms with Gasteiger partial charge in [-0.1, -0.05) is 26.0 Å². The lowest BCUT2D eigenvalue weighted by molar-refractivity contribution is -0.122. The Morgan fingerprint density at radius 2 is 2.26 bits per heavy atom. The minimum atomic E-state index is -0.00162. The molecule has 1 N–H and O–H groups in total. The summed E-state index contributed by atoms with van der Waals surface area (Å²) in [6, 6.07) is 1.97. The quantitative estimate of drug-likeness (QED) is 0.934. The molecule has 0 spiro atoms. The molecule has 0 aromatic carbocycles. The van der Waals surface area contributed by atoms with Crippen molar-refractivity contribution in [2.45, 2.75) is 33.7 Å². The summed E-state index contributed by atoms with van der Waals surface area (Å²) < 4.78 is 1.71. The molecule has 2 aromatic rings. The highest BCUT2D eigenvalue weighted by molar-refractivity contribution is 7.08. The maximum absolute atomic E-state index is 11.7. The number of aromatic nitrogens is 3. The summed E-state index contributed by atoms with van der Waals surface area (Å²) in [4.78, 5) is 11.7. The van der Waals surface area contributed by atoms with E-state index in [9.17, 15) is 4.79 Å². The molecule has 19 heavy (non-hydrogen) atoms. The van der Waals surface area contributed by atoms with Crippen molar-refractivity contribution in [1.82, 2.24) is 20.3 Å². The third-order valence-corrected chi connectivity index (χ3v) is 3.14. The predicted octanol–water partition coefficient (Wildman–Crippen LogP) is 2.38. The number of carbonyl (C=O) groups is 1. The van der Waals surface area contributed by atoms with Gasteiger partial charge in [-0.2, -0.15) is 11.3 Å². The number of rotatable bonds is 4. The van der Waals surface area contributed by atoms with Crippen molar-refractivity contribution >= 4 is 17.2 Å². The molecule has 0 saturated heterocycles. The zero-order valence-electron chi connectivity index (χ0n) is 11.4. The maximum Gasteiger partial charge on any atom is 0.220 e. The first kappa shape index (κ1) is 13.7. The van der Waals surface area contributed by atoms with Gasteiger partial charge in [-0.3, -0.25) is 4.79 Å². The summed E-state index contributed by atoms with van der Waals surface area (Å²) in [6.07, 6.45) is 2.34. The van der Waals surface area contributed by atoms with E-state index in [0.717, 1.165) is 11.4 Å². The summed E-state index contributed by atoms with van der Waals surface area (Å²) >= 11 is 1.61. The second-order valence-electron chi connectivity index (χ2n) is 5.65. The molecule has 2 rings (SSSR count). The van der Waals surface area contributed by atoms with E-state index < -0.39 is 0 Å². The first-order chi connectivity index (χ1) is 8.94. The lowest BCUT2D eigenvalue weighted by Crippen LogP contribution is -2.27. The molecule has 0 aliphatic carbocycles. The SMILES string of the molecule is CC(C)(C)CC(=O)NCc1cn(-c2ccsc2)nn1. The molecule has 0 aliphatic heterocycles. The van der Waals surface area contributed by atoms with E-state index in [1.807, 2.05) is 43.8 Å². The van der Waals surface area contributed by atoms with Gasteiger partial charge in [-0.25, -0.2) is 4.68 Å². The number of thiophene rings is 1. The van der Waals surface area contributed by atoms with Gasteiger partial charge in [0.25, 0.3) is 0 Å². The van der Waals surface area contributed by atoms with Crippen LogP contribution in [0.5, 0.6) is 0 Å². The maximum atomic E-state index is 11.7. The number of hydrogen-bond donors (Lipinski definition) is 1. The molecule has 0 radical (unpaired) electrons. The molecular weight excluding hydrogens is 260 g/mol. The van der Waals surface area contributed by atoms with E-state index in [0.29, 0.717) is 13.0 Å². The van der Waals surface area contributed by atoms with Gasteiger partial charge in [0.1, 0.15) is 5.69 Å². The molecule has 0 atom stereocenters. The van der Waals surface area contributed by atoms with Crippen LogP contribution in [0.2, 0.25) is 0 Å². The van der Waals surface area contributed by atoms with Gasteiger partial charge in [-0.05, 0) is 16.9 Å². The van der Waals surface area contributed by atoms with E-state index in [-0.39, 0.29) is 11.3 Å². The second-order valence-corrected chi connectivity index (χ2v) is 6.43. The van der Waals surface area contributed by atoms with Crippen LogP contribution in [-0.2, 0) is 11.3 Å². The van der Waals surface area contributed by atoms with Crippen molar-refractivity contribution < 1.29 is 4.79 Å². The zero-order valence-corrected chi connectivity index (χ0v) is 12.2. The van der Waals surface area contributed by atoms with Crippen molar-refractivity contribution in [2.24, 2.45) is 5.41 Å². The molecule has 5 nitrogen and oxygen atoms in total. The van der Waals surface area contributed by atoms with Crippen LogP contribution in [0.4, 0.5) is 0 Å². The minimum Gasteiger partial charge on any atom is -0.350 e. The summed E-state index contributed by atoms with van der Waals surface area (Å²) in [5, 5.41) is 14.9. The number of hydrogen-bond acceptors (Lipinski definition) is 4. The Morgan fingerprint density at radius 3 is 2.89 bits per heavy atom. The summed E-state index contributed by atoms with van der Waals surface area (Å²) in [5.74, 6) is 0.0394. The standard InChI is InChI=1S/C13H18N4OS/c1-13(2,3)6-12(18)14-7-10-8-17(16-15-10)11-4-5-19-9-11/h4-5,8-9H,6-7H2,1-3H3,(H,14,18). The fraction of sp³-hybridized carbons (Fsp3) is 0.462. The Morgan fingerprint density at radius 1 is 1.47 bits per heavy atom. The van der Waals surface area contributed by atoms with Gasteiger partial charge >= 0.3 is 0 Å². The molecule has 2 heterocycles. The Hall–Kier alpha value is -1.69. The Balaban J connectivity index is 1.89. The van der Waals surface area contributed by atoms with Gasteiger partial charge in [0.05, 0.1) is 18.4 Å². The van der Waals surface area contributed by atoms with Crippen LogP contribution < -0.4 is 5.32 Å². The van der Waals surface area contributed by atoms with Crippen LogP contribution >= 0.6 is 11.3 Å². The van der Waals surface area contributed by atoms with Crippen molar-refractivity contribution in [3.8, 4) is 5.69 Å². The van der Waals surface area contributed by atoms with Gasteiger partial charge in [0, 0.05) is 11.8 Å². The van der Waals surface area contributed by atoms with Crippen LogP contribution in [0.25, 0.3) is 5.69 Å². The predicted molar refractivity (Wildman–Crippen MR) is 75.2 cm³/mol. The molecule has 0 saturated carbocycles. The highest BCUT2D eigenvalue weighted by Gasteiger charge is 2.15. The smallest absolute Gasteiger partial charge is 0.220 e. The first-order valence-electron chi connectivity index (χ1n) is 6.14. The third kappa shape index (κ3) is 4.17. The molecule has 6 heteroatoms. The monoisotopic (exact) mass is 278 g/mol. The van der Waals surface area contributed by atoms with Crippen LogP contribution in [0.1, 0.15) is 32.9 Å². The molecule has 2 aromatic heterocycles. The van der Waals surface area contributed by atoms with Crippen LogP contribution in [0.3, 0.4) is 0 Å². The number of nitrogens with one attached hydrogen (secondary N) is 1. The molecule has 0 fully saturated rings. The summed E-state index contributed by atoms with van der Waals surface area (Å²) in [6.45, 7) is 6.54. The van der Waals surface area contributed by atoms with Gasteiger partial charge in [-0.15, -0.1) is 5.10 Å². The largest absolute Gasteiger partial charge is 0.350 e. The molecule has 0 bridgehead atoms. The van der Waals surface area contributed by atoms with E-state index in [1.165, 1.54) is 0 Å². The van der Waals surface area contributed by atoms with Crippen LogP contribution in [-0.4, -0.2) is 20.9 Å². The normalized spacial score (nSPS) is 11.5. The second kappa shape index (κ2) is 5.52. The Kier molecular flexibility index (Phi) is 3.99. The van der Waals surface area contributed by atoms with Crippen molar-refractivity contribution in [3.63, 3.8) is 0 Å². The lowest BCUT2D eigenvalue weighted by Gasteiger charge is -2.16. The third-order valence-electron chi connectivity index (χ3n) is 2.47. The number of amides is 1. The van der Waals surface area contributed by atoms with Crippen LogP contribution in [0, 0.1) is 5.41 Å². The molecule has 102 valence electrons. The highest BCUT2D eigenvalue weighted by atomic mass is 32.1. The minimum absolute atomic E-state index is 0.00162. The Bertz CT molecular complexity index is 539.